The average Bonchev–Trinajstić information content (AvgIpc) is 2.62. The molecule has 0 saturated heterocycles. The van der Waals surface area contributed by atoms with Gasteiger partial charge in [-0.15, -0.1) is 0 Å². The third kappa shape index (κ3) is 4.21. The zero-order valence-electron chi connectivity index (χ0n) is 14.7. The average molecular weight is 410 g/mol. The molecule has 0 fully saturated rings. The summed E-state index contributed by atoms with van der Waals surface area (Å²) in [6.45, 7) is 0.881. The first-order chi connectivity index (χ1) is 12.4. The Morgan fingerprint density at radius 1 is 0.923 bits per heavy atom. The summed E-state index contributed by atoms with van der Waals surface area (Å²) in [5.41, 5.74) is 3.96. The number of ketones is 1. The monoisotopic (exact) mass is 409 g/mol. The van der Waals surface area contributed by atoms with Crippen molar-refractivity contribution in [3.05, 3.63) is 87.9 Å². The Morgan fingerprint density at radius 2 is 1.54 bits per heavy atom. The standard InChI is InChI=1S/C22H20BrNO2/c1-24(2)14-15-3-5-16(6-4-15)18-9-12-20(21(25)13-18)22(26)17-7-10-19(23)11-8-17/h3-13,25H,14H2,1-2H3. The molecular weight excluding hydrogens is 390 g/mol. The van der Waals surface area contributed by atoms with Gasteiger partial charge in [-0.2, -0.15) is 0 Å². The Balaban J connectivity index is 1.85. The van der Waals surface area contributed by atoms with Crippen LogP contribution in [0.5, 0.6) is 5.75 Å². The number of nitrogens with zero attached hydrogens (tertiary/aromatic N) is 1. The highest BCUT2D eigenvalue weighted by Crippen LogP contribution is 2.28. The second-order valence-corrected chi connectivity index (χ2v) is 7.42. The third-order valence-electron chi connectivity index (χ3n) is 4.13. The number of carbonyl (C=O) groups excluding carboxylic acids is 1. The second kappa shape index (κ2) is 7.85. The van der Waals surface area contributed by atoms with Gasteiger partial charge < -0.3 is 10.0 Å². The van der Waals surface area contributed by atoms with Crippen LogP contribution in [0.1, 0.15) is 21.5 Å². The Morgan fingerprint density at radius 3 is 2.12 bits per heavy atom. The molecule has 3 nitrogen and oxygen atoms in total. The minimum absolute atomic E-state index is 0.00668. The van der Waals surface area contributed by atoms with Gasteiger partial charge in [-0.3, -0.25) is 4.79 Å². The van der Waals surface area contributed by atoms with Gasteiger partial charge in [0.05, 0.1) is 5.56 Å². The van der Waals surface area contributed by atoms with Crippen molar-refractivity contribution in [3.8, 4) is 16.9 Å². The maximum absolute atomic E-state index is 12.6. The van der Waals surface area contributed by atoms with Crippen molar-refractivity contribution in [2.45, 2.75) is 6.54 Å². The molecule has 0 saturated carbocycles. The Labute approximate surface area is 162 Å². The van der Waals surface area contributed by atoms with E-state index in [2.05, 4.69) is 33.0 Å². The number of benzene rings is 3. The van der Waals surface area contributed by atoms with Gasteiger partial charge in [-0.1, -0.05) is 46.3 Å². The summed E-state index contributed by atoms with van der Waals surface area (Å²) < 4.78 is 0.909. The summed E-state index contributed by atoms with van der Waals surface area (Å²) in [5.74, 6) is -0.198. The fourth-order valence-electron chi connectivity index (χ4n) is 2.83. The van der Waals surface area contributed by atoms with Crippen molar-refractivity contribution < 1.29 is 9.90 Å². The molecule has 4 heteroatoms. The molecule has 0 atom stereocenters. The van der Waals surface area contributed by atoms with Crippen LogP contribution in [-0.4, -0.2) is 29.9 Å². The lowest BCUT2D eigenvalue weighted by Crippen LogP contribution is -2.10. The highest BCUT2D eigenvalue weighted by molar-refractivity contribution is 9.10. The van der Waals surface area contributed by atoms with Gasteiger partial charge in [0.2, 0.25) is 0 Å². The summed E-state index contributed by atoms with van der Waals surface area (Å²) in [5, 5.41) is 10.4. The lowest BCUT2D eigenvalue weighted by molar-refractivity contribution is 0.103. The quantitative estimate of drug-likeness (QED) is 0.594. The summed E-state index contributed by atoms with van der Waals surface area (Å²) in [4.78, 5) is 14.7. The van der Waals surface area contributed by atoms with Gasteiger partial charge in [0, 0.05) is 16.6 Å². The molecule has 26 heavy (non-hydrogen) atoms. The molecule has 0 aliphatic carbocycles. The first-order valence-electron chi connectivity index (χ1n) is 8.31. The van der Waals surface area contributed by atoms with E-state index in [-0.39, 0.29) is 11.5 Å². The maximum Gasteiger partial charge on any atom is 0.196 e. The highest BCUT2D eigenvalue weighted by atomic mass is 79.9. The minimum atomic E-state index is -0.192. The van der Waals surface area contributed by atoms with Crippen LogP contribution in [0.2, 0.25) is 0 Å². The minimum Gasteiger partial charge on any atom is -0.507 e. The number of halogens is 1. The molecule has 0 aliphatic rings. The largest absolute Gasteiger partial charge is 0.507 e. The van der Waals surface area contributed by atoms with E-state index < -0.39 is 0 Å². The van der Waals surface area contributed by atoms with E-state index in [1.54, 1.807) is 24.3 Å². The molecule has 0 heterocycles. The first kappa shape index (κ1) is 18.4. The summed E-state index contributed by atoms with van der Waals surface area (Å²) in [7, 11) is 4.07. The molecule has 132 valence electrons. The van der Waals surface area contributed by atoms with Crippen molar-refractivity contribution in [2.24, 2.45) is 0 Å². The normalized spacial score (nSPS) is 10.9. The summed E-state index contributed by atoms with van der Waals surface area (Å²) in [6.07, 6.45) is 0. The maximum atomic E-state index is 12.6. The highest BCUT2D eigenvalue weighted by Gasteiger charge is 2.14. The molecular formula is C22H20BrNO2. The molecule has 0 amide bonds. The molecule has 0 aliphatic heterocycles. The van der Waals surface area contributed by atoms with Crippen molar-refractivity contribution in [3.63, 3.8) is 0 Å². The van der Waals surface area contributed by atoms with Gasteiger partial charge in [0.1, 0.15) is 5.75 Å². The molecule has 0 spiro atoms. The Kier molecular flexibility index (Phi) is 5.55. The SMILES string of the molecule is CN(C)Cc1ccc(-c2ccc(C(=O)c3ccc(Br)cc3)c(O)c2)cc1. The van der Waals surface area contributed by atoms with E-state index in [1.165, 1.54) is 5.56 Å². The van der Waals surface area contributed by atoms with Crippen LogP contribution in [0.15, 0.2) is 71.2 Å². The molecule has 0 aromatic heterocycles. The van der Waals surface area contributed by atoms with E-state index in [9.17, 15) is 9.90 Å². The van der Waals surface area contributed by atoms with Crippen LogP contribution in [0, 0.1) is 0 Å². The third-order valence-corrected chi connectivity index (χ3v) is 4.66. The van der Waals surface area contributed by atoms with Gasteiger partial charge in [0.15, 0.2) is 5.78 Å². The van der Waals surface area contributed by atoms with Crippen molar-refractivity contribution in [2.75, 3.05) is 14.1 Å². The lowest BCUT2D eigenvalue weighted by atomic mass is 9.98. The summed E-state index contributed by atoms with van der Waals surface area (Å²) in [6, 6.07) is 20.5. The number of hydrogen-bond acceptors (Lipinski definition) is 3. The second-order valence-electron chi connectivity index (χ2n) is 6.50. The molecule has 3 aromatic rings. The van der Waals surface area contributed by atoms with E-state index in [0.29, 0.717) is 11.1 Å². The topological polar surface area (TPSA) is 40.5 Å². The van der Waals surface area contributed by atoms with Crippen molar-refractivity contribution >= 4 is 21.7 Å². The van der Waals surface area contributed by atoms with Crippen LogP contribution in [0.25, 0.3) is 11.1 Å². The molecule has 1 N–H and O–H groups in total. The van der Waals surface area contributed by atoms with Crippen molar-refractivity contribution in [1.82, 2.24) is 4.90 Å². The molecule has 3 aromatic carbocycles. The fraction of sp³-hybridized carbons (Fsp3) is 0.136. The van der Waals surface area contributed by atoms with E-state index in [1.807, 2.05) is 44.4 Å². The van der Waals surface area contributed by atoms with E-state index in [0.717, 1.165) is 22.1 Å². The van der Waals surface area contributed by atoms with E-state index >= 15 is 0 Å². The van der Waals surface area contributed by atoms with Crippen LogP contribution >= 0.6 is 15.9 Å². The zero-order valence-corrected chi connectivity index (χ0v) is 16.3. The van der Waals surface area contributed by atoms with Gasteiger partial charge in [-0.25, -0.2) is 0 Å². The van der Waals surface area contributed by atoms with Crippen molar-refractivity contribution in [1.29, 1.82) is 0 Å². The molecule has 0 bridgehead atoms. The molecule has 0 unspecified atom stereocenters. The van der Waals surface area contributed by atoms with Crippen LogP contribution in [0.3, 0.4) is 0 Å². The van der Waals surface area contributed by atoms with Crippen LogP contribution in [-0.2, 0) is 6.54 Å². The summed E-state index contributed by atoms with van der Waals surface area (Å²) >= 11 is 3.36. The smallest absolute Gasteiger partial charge is 0.196 e. The van der Waals surface area contributed by atoms with Gasteiger partial charge in [-0.05, 0) is 67.2 Å². The number of rotatable bonds is 5. The van der Waals surface area contributed by atoms with Gasteiger partial charge >= 0.3 is 0 Å². The zero-order chi connectivity index (χ0) is 18.7. The first-order valence-corrected chi connectivity index (χ1v) is 9.10. The van der Waals surface area contributed by atoms with Crippen LogP contribution in [0.4, 0.5) is 0 Å². The number of hydrogen-bond donors (Lipinski definition) is 1. The van der Waals surface area contributed by atoms with Gasteiger partial charge in [0.25, 0.3) is 0 Å². The number of aromatic hydroxyl groups is 1. The van der Waals surface area contributed by atoms with E-state index in [4.69, 9.17) is 0 Å². The number of carbonyl (C=O) groups is 1. The predicted octanol–water partition coefficient (Wildman–Crippen LogP) is 5.11. The molecule has 3 rings (SSSR count). The molecule has 0 radical (unpaired) electrons. The lowest BCUT2D eigenvalue weighted by Gasteiger charge is -2.11. The number of phenols is 1. The Hall–Kier alpha value is -2.43. The number of phenolic OH excluding ortho intramolecular Hbond substituents is 1. The Bertz CT molecular complexity index is 916. The predicted molar refractivity (Wildman–Crippen MR) is 109 cm³/mol. The van der Waals surface area contributed by atoms with Crippen LogP contribution < -0.4 is 0 Å². The fourth-order valence-corrected chi connectivity index (χ4v) is 3.09.